The molecule has 2 heterocycles. The van der Waals surface area contributed by atoms with Crippen LogP contribution in [-0.4, -0.2) is 18.1 Å². The highest BCUT2D eigenvalue weighted by Gasteiger charge is 2.05. The quantitative estimate of drug-likeness (QED) is 0.924. The fourth-order valence-corrected chi connectivity index (χ4v) is 2.43. The maximum atomic E-state index is 5.81. The number of aryl methyl sites for hydroxylation is 1. The van der Waals surface area contributed by atoms with Crippen molar-refractivity contribution in [3.63, 3.8) is 0 Å². The first-order valence-electron chi connectivity index (χ1n) is 7.40. The SMILES string of the molecule is Cc1ccc(Oc2cccc(C=C3CCNCC3)c2)nc1. The van der Waals surface area contributed by atoms with E-state index < -0.39 is 0 Å². The summed E-state index contributed by atoms with van der Waals surface area (Å²) in [4.78, 5) is 4.27. The standard InChI is InChI=1S/C18H20N2O/c1-14-5-6-18(20-13-14)21-17-4-2-3-16(12-17)11-15-7-9-19-10-8-15/h2-6,11-13,19H,7-10H2,1H3. The molecule has 0 atom stereocenters. The molecule has 1 aromatic heterocycles. The first-order valence-corrected chi connectivity index (χ1v) is 7.40. The number of pyridine rings is 1. The van der Waals surface area contributed by atoms with Gasteiger partial charge in [-0.1, -0.05) is 29.8 Å². The van der Waals surface area contributed by atoms with Gasteiger partial charge in [0, 0.05) is 12.3 Å². The van der Waals surface area contributed by atoms with Crippen LogP contribution in [-0.2, 0) is 0 Å². The summed E-state index contributed by atoms with van der Waals surface area (Å²) in [6, 6.07) is 12.1. The Bertz CT molecular complexity index is 624. The van der Waals surface area contributed by atoms with E-state index >= 15 is 0 Å². The van der Waals surface area contributed by atoms with Gasteiger partial charge in [-0.25, -0.2) is 4.98 Å². The molecule has 1 aromatic carbocycles. The van der Waals surface area contributed by atoms with Gasteiger partial charge in [0.05, 0.1) is 0 Å². The Hall–Kier alpha value is -2.13. The molecule has 1 fully saturated rings. The Kier molecular flexibility index (Phi) is 4.31. The molecule has 1 saturated heterocycles. The van der Waals surface area contributed by atoms with E-state index in [1.54, 1.807) is 0 Å². The molecular weight excluding hydrogens is 260 g/mol. The van der Waals surface area contributed by atoms with Crippen molar-refractivity contribution >= 4 is 6.08 Å². The van der Waals surface area contributed by atoms with Gasteiger partial charge in [-0.3, -0.25) is 0 Å². The highest BCUT2D eigenvalue weighted by Crippen LogP contribution is 2.23. The topological polar surface area (TPSA) is 34.1 Å². The summed E-state index contributed by atoms with van der Waals surface area (Å²) in [5.41, 5.74) is 3.82. The summed E-state index contributed by atoms with van der Waals surface area (Å²) in [7, 11) is 0. The fourth-order valence-electron chi connectivity index (χ4n) is 2.43. The van der Waals surface area contributed by atoms with E-state index in [1.165, 1.54) is 11.1 Å². The van der Waals surface area contributed by atoms with Gasteiger partial charge in [-0.2, -0.15) is 0 Å². The van der Waals surface area contributed by atoms with Crippen LogP contribution < -0.4 is 10.1 Å². The van der Waals surface area contributed by atoms with Crippen molar-refractivity contribution in [1.29, 1.82) is 0 Å². The molecule has 0 radical (unpaired) electrons. The van der Waals surface area contributed by atoms with Crippen molar-refractivity contribution < 1.29 is 4.74 Å². The van der Waals surface area contributed by atoms with E-state index in [0.717, 1.165) is 37.2 Å². The summed E-state index contributed by atoms with van der Waals surface area (Å²) in [5.74, 6) is 1.46. The predicted molar refractivity (Wildman–Crippen MR) is 85.6 cm³/mol. The average molecular weight is 280 g/mol. The van der Waals surface area contributed by atoms with Crippen LogP contribution in [0.3, 0.4) is 0 Å². The normalized spacial score (nSPS) is 14.8. The van der Waals surface area contributed by atoms with Crippen LogP contribution in [0.25, 0.3) is 6.08 Å². The minimum atomic E-state index is 0.632. The van der Waals surface area contributed by atoms with E-state index in [1.807, 2.05) is 37.4 Å². The first kappa shape index (κ1) is 13.8. The molecule has 2 aromatic rings. The van der Waals surface area contributed by atoms with Gasteiger partial charge >= 0.3 is 0 Å². The second-order valence-electron chi connectivity index (χ2n) is 5.40. The highest BCUT2D eigenvalue weighted by molar-refractivity contribution is 5.55. The Labute approximate surface area is 125 Å². The minimum Gasteiger partial charge on any atom is -0.439 e. The van der Waals surface area contributed by atoms with Crippen LogP contribution in [0.1, 0.15) is 24.0 Å². The van der Waals surface area contributed by atoms with Crippen molar-refractivity contribution in [2.45, 2.75) is 19.8 Å². The molecule has 1 aliphatic heterocycles. The lowest BCUT2D eigenvalue weighted by Crippen LogP contribution is -2.22. The molecule has 0 aliphatic carbocycles. The van der Waals surface area contributed by atoms with E-state index in [-0.39, 0.29) is 0 Å². The molecular formula is C18H20N2O. The summed E-state index contributed by atoms with van der Waals surface area (Å²) < 4.78 is 5.81. The van der Waals surface area contributed by atoms with Crippen molar-refractivity contribution in [2.75, 3.05) is 13.1 Å². The van der Waals surface area contributed by atoms with E-state index in [0.29, 0.717) is 5.88 Å². The number of aromatic nitrogens is 1. The Morgan fingerprint density at radius 3 is 2.76 bits per heavy atom. The van der Waals surface area contributed by atoms with Crippen LogP contribution in [0, 0.1) is 6.92 Å². The summed E-state index contributed by atoms with van der Waals surface area (Å²) in [6.45, 7) is 4.17. The summed E-state index contributed by atoms with van der Waals surface area (Å²) in [6.07, 6.45) is 6.35. The number of nitrogens with zero attached hydrogens (tertiary/aromatic N) is 1. The van der Waals surface area contributed by atoms with Gasteiger partial charge in [-0.15, -0.1) is 0 Å². The number of hydrogen-bond acceptors (Lipinski definition) is 3. The molecule has 1 N–H and O–H groups in total. The molecule has 0 saturated carbocycles. The zero-order valence-electron chi connectivity index (χ0n) is 12.3. The maximum Gasteiger partial charge on any atom is 0.219 e. The summed E-state index contributed by atoms with van der Waals surface area (Å²) in [5, 5.41) is 3.38. The van der Waals surface area contributed by atoms with Crippen molar-refractivity contribution in [2.24, 2.45) is 0 Å². The zero-order chi connectivity index (χ0) is 14.5. The van der Waals surface area contributed by atoms with Crippen molar-refractivity contribution in [3.05, 3.63) is 59.3 Å². The molecule has 0 bridgehead atoms. The lowest BCUT2D eigenvalue weighted by atomic mass is 10.0. The van der Waals surface area contributed by atoms with Crippen LogP contribution in [0.2, 0.25) is 0 Å². The monoisotopic (exact) mass is 280 g/mol. The van der Waals surface area contributed by atoms with Crippen molar-refractivity contribution in [3.8, 4) is 11.6 Å². The fraction of sp³-hybridized carbons (Fsp3) is 0.278. The molecule has 0 amide bonds. The van der Waals surface area contributed by atoms with E-state index in [4.69, 9.17) is 4.74 Å². The zero-order valence-corrected chi connectivity index (χ0v) is 12.3. The van der Waals surface area contributed by atoms with Gasteiger partial charge in [0.1, 0.15) is 5.75 Å². The molecule has 108 valence electrons. The van der Waals surface area contributed by atoms with Gasteiger partial charge in [0.15, 0.2) is 0 Å². The average Bonchev–Trinajstić information content (AvgIpc) is 2.51. The van der Waals surface area contributed by atoms with Crippen LogP contribution in [0.4, 0.5) is 0 Å². The lowest BCUT2D eigenvalue weighted by Gasteiger charge is -2.15. The van der Waals surface area contributed by atoms with Gasteiger partial charge in [0.2, 0.25) is 5.88 Å². The smallest absolute Gasteiger partial charge is 0.219 e. The second-order valence-corrected chi connectivity index (χ2v) is 5.40. The van der Waals surface area contributed by atoms with Crippen LogP contribution >= 0.6 is 0 Å². The molecule has 3 nitrogen and oxygen atoms in total. The minimum absolute atomic E-state index is 0.632. The molecule has 1 aliphatic rings. The van der Waals surface area contributed by atoms with Gasteiger partial charge in [-0.05, 0) is 56.1 Å². The number of piperidine rings is 1. The Morgan fingerprint density at radius 2 is 2.00 bits per heavy atom. The number of nitrogens with one attached hydrogen (secondary N) is 1. The van der Waals surface area contributed by atoms with Crippen LogP contribution in [0.5, 0.6) is 11.6 Å². The largest absolute Gasteiger partial charge is 0.439 e. The summed E-state index contributed by atoms with van der Waals surface area (Å²) >= 11 is 0. The van der Waals surface area contributed by atoms with Gasteiger partial charge in [0.25, 0.3) is 0 Å². The third kappa shape index (κ3) is 3.92. The second kappa shape index (κ2) is 6.55. The predicted octanol–water partition coefficient (Wildman–Crippen LogP) is 3.95. The number of ether oxygens (including phenoxy) is 1. The third-order valence-electron chi connectivity index (χ3n) is 3.58. The number of hydrogen-bond donors (Lipinski definition) is 1. The van der Waals surface area contributed by atoms with Crippen LogP contribution in [0.15, 0.2) is 48.2 Å². The molecule has 0 spiro atoms. The number of rotatable bonds is 3. The maximum absolute atomic E-state index is 5.81. The third-order valence-corrected chi connectivity index (χ3v) is 3.58. The van der Waals surface area contributed by atoms with Crippen molar-refractivity contribution in [1.82, 2.24) is 10.3 Å². The molecule has 3 rings (SSSR count). The molecule has 3 heteroatoms. The van der Waals surface area contributed by atoms with Gasteiger partial charge < -0.3 is 10.1 Å². The number of benzene rings is 1. The molecule has 0 unspecified atom stereocenters. The lowest BCUT2D eigenvalue weighted by molar-refractivity contribution is 0.462. The van der Waals surface area contributed by atoms with E-state index in [2.05, 4.69) is 28.5 Å². The molecule has 21 heavy (non-hydrogen) atoms. The highest BCUT2D eigenvalue weighted by atomic mass is 16.5. The van der Waals surface area contributed by atoms with E-state index in [9.17, 15) is 0 Å². The Balaban J connectivity index is 1.75. The first-order chi connectivity index (χ1) is 10.3. The Morgan fingerprint density at radius 1 is 1.14 bits per heavy atom.